The van der Waals surface area contributed by atoms with Crippen molar-refractivity contribution in [2.24, 2.45) is 0 Å². The zero-order chi connectivity index (χ0) is 20.9. The number of halogens is 1. The van der Waals surface area contributed by atoms with Crippen molar-refractivity contribution in [2.75, 3.05) is 50.0 Å². The summed E-state index contributed by atoms with van der Waals surface area (Å²) in [5.41, 5.74) is 2.08. The Kier molecular flexibility index (Phi) is 7.28. The zero-order valence-electron chi connectivity index (χ0n) is 16.8. The summed E-state index contributed by atoms with van der Waals surface area (Å²) in [6.45, 7) is 6.77. The van der Waals surface area contributed by atoms with Gasteiger partial charge in [0.15, 0.2) is 5.13 Å². The lowest BCUT2D eigenvalue weighted by atomic mass is 10.2. The van der Waals surface area contributed by atoms with Gasteiger partial charge in [0, 0.05) is 36.1 Å². The van der Waals surface area contributed by atoms with Crippen molar-refractivity contribution >= 4 is 56.0 Å². The molecule has 0 spiro atoms. The van der Waals surface area contributed by atoms with Crippen molar-refractivity contribution in [1.82, 2.24) is 9.88 Å². The minimum absolute atomic E-state index is 0.0685. The number of morpholine rings is 1. The van der Waals surface area contributed by atoms with Crippen molar-refractivity contribution in [3.63, 3.8) is 0 Å². The number of thioether (sulfide) groups is 1. The fourth-order valence-electron chi connectivity index (χ4n) is 3.25. The molecule has 0 bridgehead atoms. The van der Waals surface area contributed by atoms with E-state index in [-0.39, 0.29) is 5.91 Å². The summed E-state index contributed by atoms with van der Waals surface area (Å²) < 4.78 is 6.43. The molecule has 1 aliphatic heterocycles. The first-order valence-electron chi connectivity index (χ1n) is 9.94. The molecule has 8 heteroatoms. The molecular formula is C22H24ClN3O2S2. The van der Waals surface area contributed by atoms with Crippen LogP contribution in [-0.2, 0) is 9.53 Å². The predicted molar refractivity (Wildman–Crippen MR) is 126 cm³/mol. The van der Waals surface area contributed by atoms with E-state index in [9.17, 15) is 4.79 Å². The Bertz CT molecular complexity index is 1000. The van der Waals surface area contributed by atoms with Gasteiger partial charge in [0.2, 0.25) is 5.91 Å². The molecule has 1 aliphatic rings. The molecule has 4 rings (SSSR count). The van der Waals surface area contributed by atoms with Crippen LogP contribution < -0.4 is 4.90 Å². The van der Waals surface area contributed by atoms with Gasteiger partial charge in [-0.1, -0.05) is 40.6 Å². The minimum atomic E-state index is 0.0685. The topological polar surface area (TPSA) is 45.7 Å². The first-order valence-corrected chi connectivity index (χ1v) is 12.1. The molecule has 1 amide bonds. The molecule has 0 saturated carbocycles. The number of hydrogen-bond donors (Lipinski definition) is 0. The molecule has 1 saturated heterocycles. The highest BCUT2D eigenvalue weighted by Gasteiger charge is 2.22. The Hall–Kier alpha value is -1.64. The summed E-state index contributed by atoms with van der Waals surface area (Å²) in [4.78, 5) is 23.2. The van der Waals surface area contributed by atoms with E-state index in [2.05, 4.69) is 36.1 Å². The SMILES string of the molecule is Cc1ccc(SCC(=O)N(CCN2CCOCC2)c2nc3ccc(Cl)cc3s2)cc1. The summed E-state index contributed by atoms with van der Waals surface area (Å²) in [6, 6.07) is 13.9. The van der Waals surface area contributed by atoms with E-state index in [1.807, 2.05) is 23.1 Å². The van der Waals surface area contributed by atoms with Crippen LogP contribution in [0.2, 0.25) is 5.02 Å². The van der Waals surface area contributed by atoms with Gasteiger partial charge in [-0.15, -0.1) is 11.8 Å². The number of amides is 1. The molecule has 0 aliphatic carbocycles. The highest BCUT2D eigenvalue weighted by atomic mass is 35.5. The van der Waals surface area contributed by atoms with E-state index in [0.717, 1.165) is 53.1 Å². The highest BCUT2D eigenvalue weighted by molar-refractivity contribution is 8.00. The lowest BCUT2D eigenvalue weighted by Gasteiger charge is -2.29. The van der Waals surface area contributed by atoms with Gasteiger partial charge in [-0.05, 0) is 37.3 Å². The number of carbonyl (C=O) groups excluding carboxylic acids is 1. The Morgan fingerprint density at radius 1 is 1.23 bits per heavy atom. The third-order valence-corrected chi connectivity index (χ3v) is 7.27. The lowest BCUT2D eigenvalue weighted by Crippen LogP contribution is -2.43. The number of benzene rings is 2. The number of thiazole rings is 1. The van der Waals surface area contributed by atoms with Gasteiger partial charge in [-0.2, -0.15) is 0 Å². The maximum Gasteiger partial charge on any atom is 0.239 e. The number of aryl methyl sites for hydroxylation is 1. The van der Waals surface area contributed by atoms with E-state index in [4.69, 9.17) is 21.3 Å². The second-order valence-electron chi connectivity index (χ2n) is 7.21. The van der Waals surface area contributed by atoms with E-state index in [1.165, 1.54) is 16.9 Å². The standard InChI is InChI=1S/C22H24ClN3O2S2/c1-16-2-5-18(6-3-16)29-15-21(27)26(9-8-25-10-12-28-13-11-25)22-24-19-7-4-17(23)14-20(19)30-22/h2-7,14H,8-13,15H2,1H3. The van der Waals surface area contributed by atoms with Crippen LogP contribution in [0.4, 0.5) is 5.13 Å². The van der Waals surface area contributed by atoms with Gasteiger partial charge in [0.25, 0.3) is 0 Å². The maximum absolute atomic E-state index is 13.2. The summed E-state index contributed by atoms with van der Waals surface area (Å²) in [5, 5.41) is 1.41. The summed E-state index contributed by atoms with van der Waals surface area (Å²) in [7, 11) is 0. The van der Waals surface area contributed by atoms with Crippen LogP contribution in [0.5, 0.6) is 0 Å². The number of rotatable bonds is 7. The summed E-state index contributed by atoms with van der Waals surface area (Å²) in [5.74, 6) is 0.446. The first kappa shape index (κ1) is 21.6. The quantitative estimate of drug-likeness (QED) is 0.476. The van der Waals surface area contributed by atoms with Crippen LogP contribution in [0.15, 0.2) is 47.4 Å². The number of hydrogen-bond acceptors (Lipinski definition) is 6. The second kappa shape index (κ2) is 10.1. The minimum Gasteiger partial charge on any atom is -0.379 e. The molecule has 2 aromatic carbocycles. The molecule has 1 fully saturated rings. The second-order valence-corrected chi connectivity index (χ2v) is 9.70. The molecule has 5 nitrogen and oxygen atoms in total. The maximum atomic E-state index is 13.2. The number of ether oxygens (including phenoxy) is 1. The average Bonchev–Trinajstić information content (AvgIpc) is 3.17. The molecule has 3 aromatic rings. The lowest BCUT2D eigenvalue weighted by molar-refractivity contribution is -0.116. The van der Waals surface area contributed by atoms with Gasteiger partial charge in [0.05, 0.1) is 29.2 Å². The molecule has 1 aromatic heterocycles. The van der Waals surface area contributed by atoms with Crippen LogP contribution in [-0.4, -0.2) is 60.9 Å². The van der Waals surface area contributed by atoms with Gasteiger partial charge < -0.3 is 4.74 Å². The fourth-order valence-corrected chi connectivity index (χ4v) is 5.31. The normalized spacial score (nSPS) is 14.9. The third-order valence-electron chi connectivity index (χ3n) is 5.00. The van der Waals surface area contributed by atoms with Gasteiger partial charge in [0.1, 0.15) is 0 Å². The number of carbonyl (C=O) groups is 1. The largest absolute Gasteiger partial charge is 0.379 e. The first-order chi connectivity index (χ1) is 14.6. The zero-order valence-corrected chi connectivity index (χ0v) is 19.2. The molecule has 0 radical (unpaired) electrons. The average molecular weight is 462 g/mol. The van der Waals surface area contributed by atoms with Crippen molar-refractivity contribution in [3.05, 3.63) is 53.1 Å². The van der Waals surface area contributed by atoms with Gasteiger partial charge in [-0.25, -0.2) is 4.98 Å². The third kappa shape index (κ3) is 5.53. The predicted octanol–water partition coefficient (Wildman–Crippen LogP) is 4.72. The Morgan fingerprint density at radius 3 is 2.77 bits per heavy atom. The molecule has 2 heterocycles. The number of fused-ring (bicyclic) bond motifs is 1. The highest BCUT2D eigenvalue weighted by Crippen LogP contribution is 2.31. The van der Waals surface area contributed by atoms with Crippen molar-refractivity contribution in [1.29, 1.82) is 0 Å². The summed E-state index contributed by atoms with van der Waals surface area (Å²) >= 11 is 9.22. The van der Waals surface area contributed by atoms with Crippen molar-refractivity contribution in [3.8, 4) is 0 Å². The summed E-state index contributed by atoms with van der Waals surface area (Å²) in [6.07, 6.45) is 0. The molecule has 0 atom stereocenters. The van der Waals surface area contributed by atoms with Gasteiger partial charge >= 0.3 is 0 Å². The van der Waals surface area contributed by atoms with Crippen molar-refractivity contribution < 1.29 is 9.53 Å². The van der Waals surface area contributed by atoms with Gasteiger partial charge in [-0.3, -0.25) is 14.6 Å². The van der Waals surface area contributed by atoms with Crippen molar-refractivity contribution in [2.45, 2.75) is 11.8 Å². The molecule has 0 N–H and O–H groups in total. The van der Waals surface area contributed by atoms with E-state index in [1.54, 1.807) is 11.8 Å². The monoisotopic (exact) mass is 461 g/mol. The number of aromatic nitrogens is 1. The van der Waals surface area contributed by atoms with Crippen LogP contribution in [0.3, 0.4) is 0 Å². The molecule has 158 valence electrons. The molecular weight excluding hydrogens is 438 g/mol. The Balaban J connectivity index is 1.50. The Morgan fingerprint density at radius 2 is 2.00 bits per heavy atom. The van der Waals surface area contributed by atoms with Crippen LogP contribution in [0, 0.1) is 6.92 Å². The van der Waals surface area contributed by atoms with E-state index in [0.29, 0.717) is 17.3 Å². The van der Waals surface area contributed by atoms with Crippen LogP contribution >= 0.6 is 34.7 Å². The van der Waals surface area contributed by atoms with Crippen LogP contribution in [0.25, 0.3) is 10.2 Å². The number of nitrogens with zero attached hydrogens (tertiary/aromatic N) is 3. The molecule has 30 heavy (non-hydrogen) atoms. The smallest absolute Gasteiger partial charge is 0.239 e. The number of anilines is 1. The van der Waals surface area contributed by atoms with E-state index >= 15 is 0 Å². The van der Waals surface area contributed by atoms with E-state index < -0.39 is 0 Å². The van der Waals surface area contributed by atoms with Crippen LogP contribution in [0.1, 0.15) is 5.56 Å². The molecule has 0 unspecified atom stereocenters. The fraction of sp³-hybridized carbons (Fsp3) is 0.364. The Labute approximate surface area is 190 Å².